The molecule has 1 fully saturated rings. The summed E-state index contributed by atoms with van der Waals surface area (Å²) in [7, 11) is -3.29. The third kappa shape index (κ3) is 5.81. The van der Waals surface area contributed by atoms with Gasteiger partial charge in [0.2, 0.25) is 15.9 Å². The molecule has 0 saturated carbocycles. The molecule has 144 valence electrons. The number of nitrogens with one attached hydrogen (secondary N) is 2. The maximum absolute atomic E-state index is 12.8. The minimum atomic E-state index is -3.29. The van der Waals surface area contributed by atoms with Gasteiger partial charge in [-0.2, -0.15) is 0 Å². The predicted octanol–water partition coefficient (Wildman–Crippen LogP) is 1.82. The molecule has 0 aromatic heterocycles. The van der Waals surface area contributed by atoms with E-state index in [1.807, 2.05) is 13.8 Å². The van der Waals surface area contributed by atoms with Crippen LogP contribution in [0.15, 0.2) is 24.3 Å². The smallest absolute Gasteiger partial charge is 0.254 e. The molecule has 0 bridgehead atoms. The van der Waals surface area contributed by atoms with Gasteiger partial charge in [0.15, 0.2) is 0 Å². The summed E-state index contributed by atoms with van der Waals surface area (Å²) in [5.41, 5.74) is 1.17. The maximum atomic E-state index is 12.8. The van der Waals surface area contributed by atoms with Crippen molar-refractivity contribution in [3.63, 3.8) is 0 Å². The standard InChI is InChI=1S/C18H27N3O4S/c1-13(2)17(22)20-15-9-7-14(8-10-15)18(23)21-11-5-4-6-16(21)12-19-26(3,24)25/h7-10,13,16,19H,4-6,11-12H2,1-3H3,(H,20,22). The summed E-state index contributed by atoms with van der Waals surface area (Å²) in [6.45, 7) is 4.47. The lowest BCUT2D eigenvalue weighted by molar-refractivity contribution is -0.118. The highest BCUT2D eigenvalue weighted by atomic mass is 32.2. The molecule has 7 nitrogen and oxygen atoms in total. The average Bonchev–Trinajstić information content (AvgIpc) is 2.59. The Bertz CT molecular complexity index is 744. The molecule has 1 atom stereocenters. The molecule has 1 aromatic carbocycles. The number of benzene rings is 1. The molecule has 0 aliphatic carbocycles. The van der Waals surface area contributed by atoms with Crippen LogP contribution in [-0.2, 0) is 14.8 Å². The van der Waals surface area contributed by atoms with Crippen LogP contribution in [0, 0.1) is 5.92 Å². The number of hydrogen-bond donors (Lipinski definition) is 2. The minimum absolute atomic E-state index is 0.0768. The Kier molecular flexibility index (Phi) is 6.77. The van der Waals surface area contributed by atoms with Crippen LogP contribution >= 0.6 is 0 Å². The van der Waals surface area contributed by atoms with Gasteiger partial charge in [0, 0.05) is 36.3 Å². The first-order valence-corrected chi connectivity index (χ1v) is 10.7. The van der Waals surface area contributed by atoms with Crippen molar-refractivity contribution >= 4 is 27.5 Å². The van der Waals surface area contributed by atoms with Gasteiger partial charge in [-0.25, -0.2) is 13.1 Å². The molecule has 1 aliphatic heterocycles. The van der Waals surface area contributed by atoms with Crippen molar-refractivity contribution < 1.29 is 18.0 Å². The number of hydrogen-bond acceptors (Lipinski definition) is 4. The quantitative estimate of drug-likeness (QED) is 0.786. The summed E-state index contributed by atoms with van der Waals surface area (Å²) < 4.78 is 25.2. The number of carbonyl (C=O) groups is 2. The third-order valence-corrected chi connectivity index (χ3v) is 5.08. The Labute approximate surface area is 155 Å². The van der Waals surface area contributed by atoms with Gasteiger partial charge in [-0.1, -0.05) is 13.8 Å². The van der Waals surface area contributed by atoms with Gasteiger partial charge in [-0.15, -0.1) is 0 Å². The first kappa shape index (κ1) is 20.4. The zero-order valence-electron chi connectivity index (χ0n) is 15.5. The Morgan fingerprint density at radius 2 is 1.85 bits per heavy atom. The molecule has 1 aliphatic rings. The van der Waals surface area contributed by atoms with Crippen LogP contribution in [0.2, 0.25) is 0 Å². The summed E-state index contributed by atoms with van der Waals surface area (Å²) in [6.07, 6.45) is 3.77. The highest BCUT2D eigenvalue weighted by Gasteiger charge is 2.28. The molecule has 1 saturated heterocycles. The molecule has 0 spiro atoms. The van der Waals surface area contributed by atoms with E-state index in [0.29, 0.717) is 17.8 Å². The maximum Gasteiger partial charge on any atom is 0.254 e. The molecular weight excluding hydrogens is 354 g/mol. The van der Waals surface area contributed by atoms with Gasteiger partial charge in [0.25, 0.3) is 5.91 Å². The van der Waals surface area contributed by atoms with Crippen molar-refractivity contribution in [1.29, 1.82) is 0 Å². The fraction of sp³-hybridized carbons (Fsp3) is 0.556. The zero-order chi connectivity index (χ0) is 19.3. The number of nitrogens with zero attached hydrogens (tertiary/aromatic N) is 1. The third-order valence-electron chi connectivity index (χ3n) is 4.39. The van der Waals surface area contributed by atoms with E-state index in [1.165, 1.54) is 0 Å². The van der Waals surface area contributed by atoms with Crippen LogP contribution in [-0.4, -0.2) is 50.5 Å². The fourth-order valence-corrected chi connectivity index (χ4v) is 3.37. The second kappa shape index (κ2) is 8.64. The molecule has 2 N–H and O–H groups in total. The van der Waals surface area contributed by atoms with Gasteiger partial charge in [-0.05, 0) is 43.5 Å². The summed E-state index contributed by atoms with van der Waals surface area (Å²) in [6, 6.07) is 6.65. The van der Waals surface area contributed by atoms with E-state index >= 15 is 0 Å². The zero-order valence-corrected chi connectivity index (χ0v) is 16.3. The van der Waals surface area contributed by atoms with Gasteiger partial charge in [0.1, 0.15) is 0 Å². The Morgan fingerprint density at radius 3 is 2.42 bits per heavy atom. The lowest BCUT2D eigenvalue weighted by Crippen LogP contribution is -2.49. The lowest BCUT2D eigenvalue weighted by atomic mass is 10.0. The summed E-state index contributed by atoms with van der Waals surface area (Å²) in [5, 5.41) is 2.79. The number of carbonyl (C=O) groups excluding carboxylic acids is 2. The minimum Gasteiger partial charge on any atom is -0.334 e. The van der Waals surface area contributed by atoms with E-state index in [2.05, 4.69) is 10.0 Å². The Balaban J connectivity index is 2.06. The topological polar surface area (TPSA) is 95.6 Å². The summed E-state index contributed by atoms with van der Waals surface area (Å²) >= 11 is 0. The van der Waals surface area contributed by atoms with Gasteiger partial charge in [0.05, 0.1) is 6.26 Å². The van der Waals surface area contributed by atoms with E-state index in [9.17, 15) is 18.0 Å². The van der Waals surface area contributed by atoms with Crippen molar-refractivity contribution in [2.24, 2.45) is 5.92 Å². The Hall–Kier alpha value is -1.93. The van der Waals surface area contributed by atoms with Crippen molar-refractivity contribution in [2.75, 3.05) is 24.7 Å². The monoisotopic (exact) mass is 381 g/mol. The second-order valence-corrected chi connectivity index (χ2v) is 8.82. The summed E-state index contributed by atoms with van der Waals surface area (Å²) in [4.78, 5) is 26.3. The highest BCUT2D eigenvalue weighted by molar-refractivity contribution is 7.88. The van der Waals surface area contributed by atoms with Crippen molar-refractivity contribution in [3.05, 3.63) is 29.8 Å². The normalized spacial score (nSPS) is 18.0. The highest BCUT2D eigenvalue weighted by Crippen LogP contribution is 2.20. The number of rotatable bonds is 6. The largest absolute Gasteiger partial charge is 0.334 e. The Morgan fingerprint density at radius 1 is 1.19 bits per heavy atom. The van der Waals surface area contributed by atoms with Gasteiger partial charge in [-0.3, -0.25) is 9.59 Å². The van der Waals surface area contributed by atoms with E-state index in [-0.39, 0.29) is 30.3 Å². The van der Waals surface area contributed by atoms with Crippen LogP contribution in [0.25, 0.3) is 0 Å². The second-order valence-electron chi connectivity index (χ2n) is 6.99. The predicted molar refractivity (Wildman–Crippen MR) is 101 cm³/mol. The molecule has 1 heterocycles. The molecular formula is C18H27N3O4S. The van der Waals surface area contributed by atoms with E-state index < -0.39 is 10.0 Å². The van der Waals surface area contributed by atoms with Crippen LogP contribution in [0.1, 0.15) is 43.5 Å². The molecule has 2 rings (SSSR count). The van der Waals surface area contributed by atoms with Crippen molar-refractivity contribution in [1.82, 2.24) is 9.62 Å². The van der Waals surface area contributed by atoms with E-state index in [0.717, 1.165) is 25.5 Å². The molecule has 26 heavy (non-hydrogen) atoms. The number of sulfonamides is 1. The van der Waals surface area contributed by atoms with Gasteiger partial charge >= 0.3 is 0 Å². The van der Waals surface area contributed by atoms with E-state index in [4.69, 9.17) is 0 Å². The fourth-order valence-electron chi connectivity index (χ4n) is 2.88. The number of likely N-dealkylation sites (tertiary alicyclic amines) is 1. The number of piperidine rings is 1. The number of amides is 2. The van der Waals surface area contributed by atoms with E-state index in [1.54, 1.807) is 29.2 Å². The summed E-state index contributed by atoms with van der Waals surface area (Å²) in [5.74, 6) is -0.313. The number of anilines is 1. The van der Waals surface area contributed by atoms with Crippen LogP contribution < -0.4 is 10.0 Å². The van der Waals surface area contributed by atoms with Crippen molar-refractivity contribution in [2.45, 2.75) is 39.2 Å². The van der Waals surface area contributed by atoms with Crippen molar-refractivity contribution in [3.8, 4) is 0 Å². The molecule has 2 amide bonds. The van der Waals surface area contributed by atoms with Gasteiger partial charge < -0.3 is 10.2 Å². The molecule has 0 radical (unpaired) electrons. The first-order valence-electron chi connectivity index (χ1n) is 8.84. The molecule has 8 heteroatoms. The van der Waals surface area contributed by atoms with Crippen LogP contribution in [0.3, 0.4) is 0 Å². The first-order chi connectivity index (χ1) is 12.2. The lowest BCUT2D eigenvalue weighted by Gasteiger charge is -2.35. The molecule has 1 unspecified atom stereocenters. The molecule has 1 aromatic rings. The van der Waals surface area contributed by atoms with Crippen LogP contribution in [0.5, 0.6) is 0 Å². The average molecular weight is 381 g/mol. The van der Waals surface area contributed by atoms with Crippen LogP contribution in [0.4, 0.5) is 5.69 Å². The SMILES string of the molecule is CC(C)C(=O)Nc1ccc(C(=O)N2CCCCC2CNS(C)(=O)=O)cc1.